The van der Waals surface area contributed by atoms with E-state index in [1.54, 1.807) is 0 Å². The highest BCUT2D eigenvalue weighted by Crippen LogP contribution is 2.19. The summed E-state index contributed by atoms with van der Waals surface area (Å²) < 4.78 is 5.75. The first-order valence-electron chi connectivity index (χ1n) is 8.02. The van der Waals surface area contributed by atoms with Gasteiger partial charge in [0, 0.05) is 12.5 Å². The van der Waals surface area contributed by atoms with E-state index in [1.165, 1.54) is 4.90 Å². The van der Waals surface area contributed by atoms with Gasteiger partial charge in [-0.25, -0.2) is 0 Å². The number of ether oxygens (including phenoxy) is 1. The lowest BCUT2D eigenvalue weighted by Crippen LogP contribution is -2.40. The topological polar surface area (TPSA) is 66.8 Å². The van der Waals surface area contributed by atoms with E-state index in [0.717, 1.165) is 23.3 Å². The number of hydrogen-bond donors (Lipinski definition) is 1. The summed E-state index contributed by atoms with van der Waals surface area (Å²) in [6.07, 6.45) is 1.80. The molecule has 0 saturated carbocycles. The minimum absolute atomic E-state index is 0.107. The van der Waals surface area contributed by atoms with Crippen molar-refractivity contribution in [1.82, 2.24) is 4.90 Å². The minimum atomic E-state index is -0.981. The van der Waals surface area contributed by atoms with E-state index in [1.807, 2.05) is 45.9 Å². The number of carboxylic acids is 1. The largest absolute Gasteiger partial charge is 0.493 e. The highest BCUT2D eigenvalue weighted by atomic mass is 16.5. The molecule has 0 spiro atoms. The Labute approximate surface area is 138 Å². The van der Waals surface area contributed by atoms with Gasteiger partial charge < -0.3 is 14.7 Å². The smallest absolute Gasteiger partial charge is 0.323 e. The molecule has 0 unspecified atom stereocenters. The Bertz CT molecular complexity index is 540. The van der Waals surface area contributed by atoms with E-state index in [0.29, 0.717) is 19.4 Å². The maximum absolute atomic E-state index is 12.1. The van der Waals surface area contributed by atoms with Gasteiger partial charge in [-0.2, -0.15) is 0 Å². The van der Waals surface area contributed by atoms with Crippen LogP contribution < -0.4 is 4.74 Å². The molecule has 1 aromatic rings. The van der Waals surface area contributed by atoms with Crippen molar-refractivity contribution in [3.05, 3.63) is 29.3 Å². The van der Waals surface area contributed by atoms with Gasteiger partial charge in [0.2, 0.25) is 5.91 Å². The predicted octanol–water partition coefficient (Wildman–Crippen LogP) is 3.17. The molecule has 1 rings (SSSR count). The lowest BCUT2D eigenvalue weighted by Gasteiger charge is -2.24. The van der Waals surface area contributed by atoms with E-state index >= 15 is 0 Å². The van der Waals surface area contributed by atoms with E-state index in [-0.39, 0.29) is 18.5 Å². The van der Waals surface area contributed by atoms with Crippen LogP contribution in [0.15, 0.2) is 18.2 Å². The molecule has 0 fully saturated rings. The molecule has 0 aliphatic rings. The highest BCUT2D eigenvalue weighted by Gasteiger charge is 2.19. The third kappa shape index (κ3) is 6.72. The molecular weight excluding hydrogens is 294 g/mol. The van der Waals surface area contributed by atoms with Crippen LogP contribution in [0.1, 0.15) is 44.2 Å². The van der Waals surface area contributed by atoms with Crippen LogP contribution in [0.25, 0.3) is 0 Å². The van der Waals surface area contributed by atoms with Gasteiger partial charge in [-0.1, -0.05) is 12.1 Å². The molecule has 0 atom stereocenters. The second kappa shape index (κ2) is 9.18. The van der Waals surface area contributed by atoms with E-state index in [9.17, 15) is 9.59 Å². The fourth-order valence-corrected chi connectivity index (χ4v) is 2.27. The second-order valence-electron chi connectivity index (χ2n) is 6.08. The normalized spacial score (nSPS) is 10.7. The molecule has 1 N–H and O–H groups in total. The highest BCUT2D eigenvalue weighted by molar-refractivity contribution is 5.81. The number of amides is 1. The lowest BCUT2D eigenvalue weighted by atomic mass is 10.1. The summed E-state index contributed by atoms with van der Waals surface area (Å²) in [5, 5.41) is 8.85. The first kappa shape index (κ1) is 19.0. The number of carboxylic acid groups (broad SMARTS) is 1. The third-order valence-electron chi connectivity index (χ3n) is 3.64. The van der Waals surface area contributed by atoms with Crippen LogP contribution in [0, 0.1) is 13.8 Å². The average molecular weight is 321 g/mol. The summed E-state index contributed by atoms with van der Waals surface area (Å²) in [5.41, 5.74) is 2.25. The number of aliphatic carboxylic acids is 1. The first-order valence-corrected chi connectivity index (χ1v) is 8.02. The Kier molecular flexibility index (Phi) is 7.59. The SMILES string of the molecule is Cc1ccc(C)c(OCCCCC(=O)N(CC(=O)O)C(C)C)c1. The van der Waals surface area contributed by atoms with Crippen LogP contribution in [-0.4, -0.2) is 41.1 Å². The summed E-state index contributed by atoms with van der Waals surface area (Å²) in [4.78, 5) is 24.3. The molecular formula is C18H27NO4. The zero-order chi connectivity index (χ0) is 17.4. The van der Waals surface area contributed by atoms with Crippen molar-refractivity contribution in [1.29, 1.82) is 0 Å². The fourth-order valence-electron chi connectivity index (χ4n) is 2.27. The zero-order valence-electron chi connectivity index (χ0n) is 14.5. The van der Waals surface area contributed by atoms with E-state index in [2.05, 4.69) is 0 Å². The number of carbonyl (C=O) groups excluding carboxylic acids is 1. The Morgan fingerprint density at radius 2 is 1.91 bits per heavy atom. The molecule has 23 heavy (non-hydrogen) atoms. The molecule has 0 aromatic heterocycles. The van der Waals surface area contributed by atoms with Crippen LogP contribution in [0.3, 0.4) is 0 Å². The molecule has 0 heterocycles. The summed E-state index contributed by atoms with van der Waals surface area (Å²) in [6.45, 7) is 7.99. The summed E-state index contributed by atoms with van der Waals surface area (Å²) in [5.74, 6) is -0.217. The van der Waals surface area contributed by atoms with Gasteiger partial charge in [0.05, 0.1) is 6.61 Å². The van der Waals surface area contributed by atoms with Gasteiger partial charge in [-0.3, -0.25) is 9.59 Å². The van der Waals surface area contributed by atoms with Crippen LogP contribution in [0.2, 0.25) is 0 Å². The monoisotopic (exact) mass is 321 g/mol. The average Bonchev–Trinajstić information content (AvgIpc) is 2.47. The van der Waals surface area contributed by atoms with Gasteiger partial charge in [-0.15, -0.1) is 0 Å². The number of nitrogens with zero attached hydrogens (tertiary/aromatic N) is 1. The zero-order valence-corrected chi connectivity index (χ0v) is 14.5. The van der Waals surface area contributed by atoms with Gasteiger partial charge in [-0.05, 0) is 57.7 Å². The van der Waals surface area contributed by atoms with Crippen molar-refractivity contribution in [2.24, 2.45) is 0 Å². The lowest BCUT2D eigenvalue weighted by molar-refractivity contribution is -0.145. The van der Waals surface area contributed by atoms with Crippen LogP contribution in [0.4, 0.5) is 0 Å². The summed E-state index contributed by atoms with van der Waals surface area (Å²) in [6, 6.07) is 5.97. The standard InChI is InChI=1S/C18H27NO4/c1-13(2)19(12-18(21)22)17(20)7-5-6-10-23-16-11-14(3)8-9-15(16)4/h8-9,11,13H,5-7,10,12H2,1-4H3,(H,21,22). The predicted molar refractivity (Wildman–Crippen MR) is 89.7 cm³/mol. The van der Waals surface area contributed by atoms with Gasteiger partial charge in [0.1, 0.15) is 12.3 Å². The van der Waals surface area contributed by atoms with Crippen LogP contribution in [-0.2, 0) is 9.59 Å². The maximum atomic E-state index is 12.1. The Hall–Kier alpha value is -2.04. The number of unbranched alkanes of at least 4 members (excludes halogenated alkanes) is 1. The van der Waals surface area contributed by atoms with Gasteiger partial charge >= 0.3 is 5.97 Å². The number of carbonyl (C=O) groups is 2. The second-order valence-corrected chi connectivity index (χ2v) is 6.08. The molecule has 1 amide bonds. The molecule has 1 aromatic carbocycles. The van der Waals surface area contributed by atoms with Crippen molar-refractivity contribution in [3.8, 4) is 5.75 Å². The quantitative estimate of drug-likeness (QED) is 0.709. The fraction of sp³-hybridized carbons (Fsp3) is 0.556. The number of rotatable bonds is 9. The van der Waals surface area contributed by atoms with Crippen molar-refractivity contribution in [2.75, 3.05) is 13.2 Å². The number of aryl methyl sites for hydroxylation is 2. The molecule has 0 radical (unpaired) electrons. The summed E-state index contributed by atoms with van der Waals surface area (Å²) >= 11 is 0. The summed E-state index contributed by atoms with van der Waals surface area (Å²) in [7, 11) is 0. The molecule has 0 bridgehead atoms. The number of benzene rings is 1. The maximum Gasteiger partial charge on any atom is 0.323 e. The van der Waals surface area contributed by atoms with Crippen LogP contribution in [0.5, 0.6) is 5.75 Å². The van der Waals surface area contributed by atoms with Crippen molar-refractivity contribution < 1.29 is 19.4 Å². The van der Waals surface area contributed by atoms with E-state index < -0.39 is 5.97 Å². The molecule has 5 heteroatoms. The van der Waals surface area contributed by atoms with Crippen molar-refractivity contribution in [3.63, 3.8) is 0 Å². The van der Waals surface area contributed by atoms with Crippen LogP contribution >= 0.6 is 0 Å². The Morgan fingerprint density at radius 1 is 1.22 bits per heavy atom. The Balaban J connectivity index is 2.34. The molecule has 0 aliphatic heterocycles. The number of hydrogen-bond acceptors (Lipinski definition) is 3. The van der Waals surface area contributed by atoms with Crippen molar-refractivity contribution in [2.45, 2.75) is 53.0 Å². The molecule has 128 valence electrons. The van der Waals surface area contributed by atoms with Gasteiger partial charge in [0.25, 0.3) is 0 Å². The Morgan fingerprint density at radius 3 is 2.52 bits per heavy atom. The molecule has 5 nitrogen and oxygen atoms in total. The molecule has 0 saturated heterocycles. The minimum Gasteiger partial charge on any atom is -0.493 e. The third-order valence-corrected chi connectivity index (χ3v) is 3.64. The first-order chi connectivity index (χ1) is 10.8. The van der Waals surface area contributed by atoms with E-state index in [4.69, 9.17) is 9.84 Å². The molecule has 0 aliphatic carbocycles. The van der Waals surface area contributed by atoms with Gasteiger partial charge in [0.15, 0.2) is 0 Å². The van der Waals surface area contributed by atoms with Crippen molar-refractivity contribution >= 4 is 11.9 Å².